The van der Waals surface area contributed by atoms with E-state index in [9.17, 15) is 24.6 Å². The molecular weight excluding hydrogens is 432 g/mol. The van der Waals surface area contributed by atoms with Gasteiger partial charge in [0.25, 0.3) is 0 Å². The van der Waals surface area contributed by atoms with Crippen LogP contribution in [0.25, 0.3) is 0 Å². The van der Waals surface area contributed by atoms with E-state index in [1.165, 1.54) is 6.08 Å². The lowest BCUT2D eigenvalue weighted by molar-refractivity contribution is -0.165. The number of Topliss-reactive ketones (excluding diaryl/α,β-unsaturated/α-hetero) is 2. The van der Waals surface area contributed by atoms with Crippen molar-refractivity contribution < 1.29 is 29.3 Å². The molecule has 0 spiro atoms. The molecule has 0 amide bonds. The standard InChI is InChI=1S/C28H26O6/c1-13-10-22-23(16(4)24(13)30)27(5)20(21(29)11-14(2)28(27,33)34-22)12-19-15(3)25(31)17-8-6-7-9-18(17)26(19)32/h6-11,20,30,33H,12H2,1-5H3/t20-,27-,28-/m0/s1. The Hall–Kier alpha value is -3.51. The normalized spacial score (nSPS) is 27.8. The molecule has 0 radical (unpaired) electrons. The molecule has 6 heteroatoms. The number of hydrogen-bond acceptors (Lipinski definition) is 6. The molecule has 5 rings (SSSR count). The largest absolute Gasteiger partial charge is 0.507 e. The van der Waals surface area contributed by atoms with E-state index in [4.69, 9.17) is 4.74 Å². The van der Waals surface area contributed by atoms with Crippen molar-refractivity contribution >= 4 is 17.3 Å². The zero-order valence-electron chi connectivity index (χ0n) is 19.8. The van der Waals surface area contributed by atoms with Crippen LogP contribution in [0.5, 0.6) is 11.5 Å². The van der Waals surface area contributed by atoms with Crippen LogP contribution in [0.3, 0.4) is 0 Å². The summed E-state index contributed by atoms with van der Waals surface area (Å²) in [4.78, 5) is 39.9. The highest BCUT2D eigenvalue weighted by molar-refractivity contribution is 6.26. The quantitative estimate of drug-likeness (QED) is 0.697. The summed E-state index contributed by atoms with van der Waals surface area (Å²) in [5.74, 6) is -3.07. The molecule has 3 atom stereocenters. The van der Waals surface area contributed by atoms with Gasteiger partial charge < -0.3 is 14.9 Å². The number of ketones is 3. The highest BCUT2D eigenvalue weighted by Gasteiger charge is 2.66. The first-order valence-electron chi connectivity index (χ1n) is 11.3. The SMILES string of the molecule is CC1=CC(=O)[C@H](CC2=C(C)C(=O)c3ccccc3C2=O)[C@@]2(C)c3c(cc(C)c(O)c3C)O[C@@]12O. The van der Waals surface area contributed by atoms with Crippen LogP contribution in [0.1, 0.15) is 64.6 Å². The fraction of sp³-hybridized carbons (Fsp3) is 0.321. The van der Waals surface area contributed by atoms with Gasteiger partial charge in [-0.3, -0.25) is 14.4 Å². The molecule has 1 heterocycles. The second kappa shape index (κ2) is 7.00. The molecule has 2 N–H and O–H groups in total. The first-order chi connectivity index (χ1) is 15.9. The van der Waals surface area contributed by atoms with E-state index in [2.05, 4.69) is 0 Å². The van der Waals surface area contributed by atoms with Crippen LogP contribution < -0.4 is 4.74 Å². The number of aryl methyl sites for hydroxylation is 1. The Labute approximate surface area is 197 Å². The van der Waals surface area contributed by atoms with Crippen molar-refractivity contribution in [2.75, 3.05) is 0 Å². The number of hydrogen-bond donors (Lipinski definition) is 2. The van der Waals surface area contributed by atoms with Crippen molar-refractivity contribution in [2.45, 2.75) is 52.2 Å². The highest BCUT2D eigenvalue weighted by Crippen LogP contribution is 2.60. The maximum Gasteiger partial charge on any atom is 0.241 e. The van der Waals surface area contributed by atoms with Crippen molar-refractivity contribution in [2.24, 2.45) is 5.92 Å². The van der Waals surface area contributed by atoms with E-state index in [0.29, 0.717) is 44.7 Å². The molecule has 6 nitrogen and oxygen atoms in total. The molecule has 174 valence electrons. The zero-order chi connectivity index (χ0) is 24.7. The molecule has 34 heavy (non-hydrogen) atoms. The van der Waals surface area contributed by atoms with Gasteiger partial charge in [0.2, 0.25) is 5.79 Å². The van der Waals surface area contributed by atoms with Gasteiger partial charge in [0, 0.05) is 39.3 Å². The summed E-state index contributed by atoms with van der Waals surface area (Å²) in [6.45, 7) is 8.44. The number of rotatable bonds is 2. The minimum absolute atomic E-state index is 0.0386. The van der Waals surface area contributed by atoms with Gasteiger partial charge in [-0.25, -0.2) is 0 Å². The molecule has 0 saturated carbocycles. The molecule has 0 saturated heterocycles. The summed E-state index contributed by atoms with van der Waals surface area (Å²) in [5.41, 5.74) is 1.95. The van der Waals surface area contributed by atoms with E-state index in [0.717, 1.165) is 0 Å². The number of aliphatic hydroxyl groups is 1. The number of phenolic OH excluding ortho intramolecular Hbond substituents is 1. The minimum atomic E-state index is -1.84. The van der Waals surface area contributed by atoms with Crippen molar-refractivity contribution in [3.05, 3.63) is 80.9 Å². The number of benzene rings is 2. The van der Waals surface area contributed by atoms with Crippen molar-refractivity contribution in [1.29, 1.82) is 0 Å². The Morgan fingerprint density at radius 1 is 1.00 bits per heavy atom. The lowest BCUT2D eigenvalue weighted by Crippen LogP contribution is -2.59. The number of carbonyl (C=O) groups is 3. The maximum absolute atomic E-state index is 13.5. The Balaban J connectivity index is 1.71. The van der Waals surface area contributed by atoms with Crippen LogP contribution >= 0.6 is 0 Å². The molecule has 3 aliphatic rings. The van der Waals surface area contributed by atoms with E-state index in [1.54, 1.807) is 65.0 Å². The summed E-state index contributed by atoms with van der Waals surface area (Å²) in [6, 6.07) is 8.32. The second-order valence-electron chi connectivity index (χ2n) is 9.78. The van der Waals surface area contributed by atoms with Gasteiger partial charge in [0.15, 0.2) is 17.3 Å². The van der Waals surface area contributed by atoms with E-state index in [1.807, 2.05) is 0 Å². The first kappa shape index (κ1) is 22.3. The highest BCUT2D eigenvalue weighted by atomic mass is 16.6. The smallest absolute Gasteiger partial charge is 0.241 e. The van der Waals surface area contributed by atoms with Gasteiger partial charge in [-0.05, 0) is 64.3 Å². The van der Waals surface area contributed by atoms with Crippen molar-refractivity contribution in [1.82, 2.24) is 0 Å². The van der Waals surface area contributed by atoms with Gasteiger partial charge in [-0.1, -0.05) is 24.3 Å². The number of aromatic hydroxyl groups is 1. The third-order valence-electron chi connectivity index (χ3n) is 8.00. The fourth-order valence-electron chi connectivity index (χ4n) is 6.00. The molecule has 0 fully saturated rings. The number of carbonyl (C=O) groups excluding carboxylic acids is 3. The second-order valence-corrected chi connectivity index (χ2v) is 9.78. The molecule has 0 bridgehead atoms. The number of ether oxygens (including phenoxy) is 1. The summed E-state index contributed by atoms with van der Waals surface area (Å²) >= 11 is 0. The molecular formula is C28H26O6. The monoisotopic (exact) mass is 458 g/mol. The minimum Gasteiger partial charge on any atom is -0.507 e. The average molecular weight is 459 g/mol. The Bertz CT molecular complexity index is 1390. The van der Waals surface area contributed by atoms with E-state index < -0.39 is 17.1 Å². The van der Waals surface area contributed by atoms with Crippen LogP contribution in [0.2, 0.25) is 0 Å². The van der Waals surface area contributed by atoms with Crippen molar-refractivity contribution in [3.8, 4) is 11.5 Å². The summed E-state index contributed by atoms with van der Waals surface area (Å²) in [5, 5.41) is 22.5. The van der Waals surface area contributed by atoms with Gasteiger partial charge in [0.05, 0.1) is 5.41 Å². The van der Waals surface area contributed by atoms with Gasteiger partial charge in [0.1, 0.15) is 11.5 Å². The van der Waals surface area contributed by atoms with Crippen molar-refractivity contribution in [3.63, 3.8) is 0 Å². The summed E-state index contributed by atoms with van der Waals surface area (Å²) in [6.07, 6.45) is 1.32. The topological polar surface area (TPSA) is 101 Å². The van der Waals surface area contributed by atoms with E-state index in [-0.39, 0.29) is 35.1 Å². The van der Waals surface area contributed by atoms with Crippen LogP contribution in [0.15, 0.2) is 53.1 Å². The fourth-order valence-corrected chi connectivity index (χ4v) is 6.00. The predicted octanol–water partition coefficient (Wildman–Crippen LogP) is 4.28. The van der Waals surface area contributed by atoms with Gasteiger partial charge >= 0.3 is 0 Å². The summed E-state index contributed by atoms with van der Waals surface area (Å²) < 4.78 is 6.09. The van der Waals surface area contributed by atoms with Crippen LogP contribution in [0.4, 0.5) is 0 Å². The Kier molecular flexibility index (Phi) is 4.59. The average Bonchev–Trinajstić information content (AvgIpc) is 3.03. The molecule has 0 unspecified atom stereocenters. The zero-order valence-corrected chi connectivity index (χ0v) is 19.8. The Morgan fingerprint density at radius 2 is 1.62 bits per heavy atom. The van der Waals surface area contributed by atoms with Crippen LogP contribution in [0, 0.1) is 19.8 Å². The lowest BCUT2D eigenvalue weighted by atomic mass is 9.58. The van der Waals surface area contributed by atoms with Gasteiger partial charge in [-0.2, -0.15) is 0 Å². The first-order valence-corrected chi connectivity index (χ1v) is 11.3. The third-order valence-corrected chi connectivity index (χ3v) is 8.00. The molecule has 2 aliphatic carbocycles. The number of fused-ring (bicyclic) bond motifs is 4. The predicted molar refractivity (Wildman–Crippen MR) is 125 cm³/mol. The molecule has 2 aromatic carbocycles. The number of allylic oxidation sites excluding steroid dienone is 3. The van der Waals surface area contributed by atoms with Crippen LogP contribution in [-0.4, -0.2) is 33.3 Å². The third kappa shape index (κ3) is 2.57. The van der Waals surface area contributed by atoms with E-state index >= 15 is 0 Å². The van der Waals surface area contributed by atoms with Gasteiger partial charge in [-0.15, -0.1) is 0 Å². The Morgan fingerprint density at radius 3 is 2.26 bits per heavy atom. The maximum atomic E-state index is 13.5. The molecule has 1 aliphatic heterocycles. The molecule has 2 aromatic rings. The van der Waals surface area contributed by atoms with Crippen LogP contribution in [-0.2, 0) is 10.2 Å². The lowest BCUT2D eigenvalue weighted by Gasteiger charge is -2.46. The number of phenols is 1. The molecule has 0 aromatic heterocycles. The summed E-state index contributed by atoms with van der Waals surface area (Å²) in [7, 11) is 0.